The highest BCUT2D eigenvalue weighted by Crippen LogP contribution is 2.32. The van der Waals surface area contributed by atoms with Crippen molar-refractivity contribution in [2.24, 2.45) is 7.05 Å². The fourth-order valence-electron chi connectivity index (χ4n) is 2.52. The van der Waals surface area contributed by atoms with Crippen LogP contribution >= 0.6 is 0 Å². The Kier molecular flexibility index (Phi) is 3.06. The lowest BCUT2D eigenvalue weighted by molar-refractivity contribution is -0.00223. The van der Waals surface area contributed by atoms with Gasteiger partial charge in [-0.15, -0.1) is 0 Å². The van der Waals surface area contributed by atoms with E-state index in [1.54, 1.807) is 11.6 Å². The Morgan fingerprint density at radius 2 is 2.00 bits per heavy atom. The zero-order valence-corrected chi connectivity index (χ0v) is 11.8. The normalized spacial score (nSPS) is 13.0. The molecule has 0 spiro atoms. The van der Waals surface area contributed by atoms with E-state index in [1.165, 1.54) is 0 Å². The molecule has 3 aromatic rings. The summed E-state index contributed by atoms with van der Waals surface area (Å²) in [5.74, 6) is 0.439. The number of aliphatic hydroxyl groups excluding tert-OH is 1. The maximum atomic E-state index is 9.47. The standard InChI is InChI=1S/C15H17N3O2/c1-4-12-13-10-7-5-6-8-11(10)15(20-9(2)19)16-14(13)18(3)17-12/h5-9,19H,4H2,1-3H3. The number of aromatic nitrogens is 3. The van der Waals surface area contributed by atoms with Crippen molar-refractivity contribution in [3.63, 3.8) is 0 Å². The van der Waals surface area contributed by atoms with Crippen LogP contribution in [-0.4, -0.2) is 26.2 Å². The van der Waals surface area contributed by atoms with Gasteiger partial charge in [-0.3, -0.25) is 4.68 Å². The molecule has 0 fully saturated rings. The quantitative estimate of drug-likeness (QED) is 0.743. The van der Waals surface area contributed by atoms with Gasteiger partial charge in [0.15, 0.2) is 11.9 Å². The zero-order chi connectivity index (χ0) is 14.3. The van der Waals surface area contributed by atoms with Gasteiger partial charge in [-0.2, -0.15) is 10.1 Å². The summed E-state index contributed by atoms with van der Waals surface area (Å²) in [7, 11) is 1.87. The second kappa shape index (κ2) is 4.76. The molecule has 1 N–H and O–H groups in total. The van der Waals surface area contributed by atoms with Crippen LogP contribution in [0.2, 0.25) is 0 Å². The third kappa shape index (κ3) is 1.91. The van der Waals surface area contributed by atoms with Crippen molar-refractivity contribution < 1.29 is 9.84 Å². The Balaban J connectivity index is 2.43. The lowest BCUT2D eigenvalue weighted by atomic mass is 10.1. The molecule has 1 aromatic carbocycles. The van der Waals surface area contributed by atoms with Gasteiger partial charge in [-0.1, -0.05) is 25.1 Å². The first kappa shape index (κ1) is 12.9. The lowest BCUT2D eigenvalue weighted by Gasteiger charge is -2.11. The molecule has 0 aliphatic heterocycles. The van der Waals surface area contributed by atoms with E-state index < -0.39 is 6.29 Å². The summed E-state index contributed by atoms with van der Waals surface area (Å²) >= 11 is 0. The molecular formula is C15H17N3O2. The highest BCUT2D eigenvalue weighted by Gasteiger charge is 2.16. The number of hydrogen-bond donors (Lipinski definition) is 1. The molecule has 1 unspecified atom stereocenters. The maximum absolute atomic E-state index is 9.47. The molecule has 2 heterocycles. The van der Waals surface area contributed by atoms with E-state index in [-0.39, 0.29) is 0 Å². The van der Waals surface area contributed by atoms with E-state index in [4.69, 9.17) is 4.74 Å². The second-order valence-corrected chi connectivity index (χ2v) is 4.80. The van der Waals surface area contributed by atoms with Crippen molar-refractivity contribution in [1.29, 1.82) is 0 Å². The van der Waals surface area contributed by atoms with Crippen molar-refractivity contribution in [3.05, 3.63) is 30.0 Å². The lowest BCUT2D eigenvalue weighted by Crippen LogP contribution is -2.11. The van der Waals surface area contributed by atoms with Crippen LogP contribution in [-0.2, 0) is 13.5 Å². The fourth-order valence-corrected chi connectivity index (χ4v) is 2.52. The minimum absolute atomic E-state index is 0.439. The summed E-state index contributed by atoms with van der Waals surface area (Å²) < 4.78 is 7.20. The number of hydrogen-bond acceptors (Lipinski definition) is 4. The number of benzene rings is 1. The van der Waals surface area contributed by atoms with Crippen molar-refractivity contribution in [2.45, 2.75) is 26.6 Å². The predicted molar refractivity (Wildman–Crippen MR) is 77.7 cm³/mol. The smallest absolute Gasteiger partial charge is 0.225 e. The third-order valence-electron chi connectivity index (χ3n) is 3.34. The molecule has 0 aliphatic carbocycles. The van der Waals surface area contributed by atoms with Crippen molar-refractivity contribution in [2.75, 3.05) is 0 Å². The van der Waals surface area contributed by atoms with E-state index >= 15 is 0 Å². The van der Waals surface area contributed by atoms with E-state index in [0.717, 1.165) is 33.9 Å². The topological polar surface area (TPSA) is 60.2 Å². The van der Waals surface area contributed by atoms with Crippen molar-refractivity contribution in [1.82, 2.24) is 14.8 Å². The molecule has 0 saturated heterocycles. The second-order valence-electron chi connectivity index (χ2n) is 4.80. The largest absolute Gasteiger partial charge is 0.448 e. The van der Waals surface area contributed by atoms with Crippen LogP contribution in [0, 0.1) is 0 Å². The molecule has 2 aromatic heterocycles. The van der Waals surface area contributed by atoms with Crippen LogP contribution in [0.1, 0.15) is 19.5 Å². The van der Waals surface area contributed by atoms with Crippen LogP contribution in [0.5, 0.6) is 5.88 Å². The third-order valence-corrected chi connectivity index (χ3v) is 3.34. The van der Waals surface area contributed by atoms with E-state index in [9.17, 15) is 5.11 Å². The Morgan fingerprint density at radius 3 is 2.65 bits per heavy atom. The highest BCUT2D eigenvalue weighted by atomic mass is 16.6. The molecular weight excluding hydrogens is 254 g/mol. The zero-order valence-electron chi connectivity index (χ0n) is 11.8. The Hall–Kier alpha value is -2.14. The van der Waals surface area contributed by atoms with E-state index in [2.05, 4.69) is 17.0 Å². The first-order chi connectivity index (χ1) is 9.61. The number of ether oxygens (including phenoxy) is 1. The van der Waals surface area contributed by atoms with Gasteiger partial charge >= 0.3 is 0 Å². The fraction of sp³-hybridized carbons (Fsp3) is 0.333. The minimum Gasteiger partial charge on any atom is -0.448 e. The molecule has 0 aliphatic rings. The SMILES string of the molecule is CCc1nn(C)c2nc(OC(C)O)c3ccccc3c12. The molecule has 0 amide bonds. The van der Waals surface area contributed by atoms with E-state index in [0.29, 0.717) is 5.88 Å². The van der Waals surface area contributed by atoms with Gasteiger partial charge in [-0.05, 0) is 24.8 Å². The van der Waals surface area contributed by atoms with Gasteiger partial charge in [0.05, 0.1) is 11.1 Å². The molecule has 3 rings (SSSR count). The molecule has 1 atom stereocenters. The monoisotopic (exact) mass is 271 g/mol. The summed E-state index contributed by atoms with van der Waals surface area (Å²) in [5, 5.41) is 17.0. The molecule has 0 radical (unpaired) electrons. The van der Waals surface area contributed by atoms with Gasteiger partial charge in [0.25, 0.3) is 0 Å². The molecule has 5 heteroatoms. The van der Waals surface area contributed by atoms with Crippen LogP contribution in [0.15, 0.2) is 24.3 Å². The summed E-state index contributed by atoms with van der Waals surface area (Å²) in [5.41, 5.74) is 1.80. The van der Waals surface area contributed by atoms with Crippen LogP contribution < -0.4 is 4.74 Å². The number of fused-ring (bicyclic) bond motifs is 3. The first-order valence-electron chi connectivity index (χ1n) is 6.71. The van der Waals surface area contributed by atoms with E-state index in [1.807, 2.05) is 31.3 Å². The molecule has 20 heavy (non-hydrogen) atoms. The Bertz CT molecular complexity index is 777. The van der Waals surface area contributed by atoms with Gasteiger partial charge in [0.1, 0.15) is 0 Å². The van der Waals surface area contributed by atoms with Crippen LogP contribution in [0.3, 0.4) is 0 Å². The van der Waals surface area contributed by atoms with Crippen molar-refractivity contribution in [3.8, 4) is 5.88 Å². The van der Waals surface area contributed by atoms with Gasteiger partial charge < -0.3 is 9.84 Å². The average molecular weight is 271 g/mol. The van der Waals surface area contributed by atoms with Crippen LogP contribution in [0.25, 0.3) is 21.8 Å². The maximum Gasteiger partial charge on any atom is 0.225 e. The molecule has 5 nitrogen and oxygen atoms in total. The Labute approximate surface area is 116 Å². The van der Waals surface area contributed by atoms with Gasteiger partial charge in [0.2, 0.25) is 5.88 Å². The minimum atomic E-state index is -0.901. The number of nitrogens with zero attached hydrogens (tertiary/aromatic N) is 3. The number of aliphatic hydroxyl groups is 1. The van der Waals surface area contributed by atoms with Gasteiger partial charge in [0, 0.05) is 12.4 Å². The molecule has 0 saturated carbocycles. The van der Waals surface area contributed by atoms with Crippen molar-refractivity contribution >= 4 is 21.8 Å². The van der Waals surface area contributed by atoms with Gasteiger partial charge in [-0.25, -0.2) is 0 Å². The number of aryl methyl sites for hydroxylation is 2. The summed E-state index contributed by atoms with van der Waals surface area (Å²) in [6, 6.07) is 7.91. The average Bonchev–Trinajstić information content (AvgIpc) is 2.75. The summed E-state index contributed by atoms with van der Waals surface area (Å²) in [4.78, 5) is 4.53. The first-order valence-corrected chi connectivity index (χ1v) is 6.71. The number of pyridine rings is 1. The predicted octanol–water partition coefficient (Wildman–Crippen LogP) is 2.40. The Morgan fingerprint density at radius 1 is 1.30 bits per heavy atom. The summed E-state index contributed by atoms with van der Waals surface area (Å²) in [6.07, 6.45) is -0.0539. The molecule has 104 valence electrons. The van der Waals surface area contributed by atoms with Crippen LogP contribution in [0.4, 0.5) is 0 Å². The molecule has 0 bridgehead atoms. The highest BCUT2D eigenvalue weighted by molar-refractivity contribution is 6.08. The number of rotatable bonds is 3. The summed E-state index contributed by atoms with van der Waals surface area (Å²) in [6.45, 7) is 3.65.